The number of hydrogen-bond acceptors (Lipinski definition) is 2. The van der Waals surface area contributed by atoms with E-state index in [9.17, 15) is 4.79 Å². The lowest BCUT2D eigenvalue weighted by molar-refractivity contribution is -0.121. The van der Waals surface area contributed by atoms with Crippen molar-refractivity contribution in [2.24, 2.45) is 5.73 Å². The van der Waals surface area contributed by atoms with E-state index in [1.807, 2.05) is 30.0 Å². The van der Waals surface area contributed by atoms with Crippen LogP contribution in [0, 0.1) is 6.92 Å². The molecule has 1 atom stereocenters. The van der Waals surface area contributed by atoms with Crippen molar-refractivity contribution < 1.29 is 4.79 Å². The van der Waals surface area contributed by atoms with Crippen molar-refractivity contribution in [1.29, 1.82) is 0 Å². The number of thiocarbonyl (C=S) groups is 1. The Kier molecular flexibility index (Phi) is 4.27. The van der Waals surface area contributed by atoms with Gasteiger partial charge in [0.1, 0.15) is 6.04 Å². The first-order valence-electron chi connectivity index (χ1n) is 6.12. The number of rotatable bonds is 2. The van der Waals surface area contributed by atoms with Gasteiger partial charge >= 0.3 is 0 Å². The minimum atomic E-state index is -0.329. The summed E-state index contributed by atoms with van der Waals surface area (Å²) in [7, 11) is 0. The van der Waals surface area contributed by atoms with Crippen LogP contribution in [-0.4, -0.2) is 28.5 Å². The number of carbonyl (C=O) groups is 1. The third kappa shape index (κ3) is 2.98. The molecule has 0 aromatic heterocycles. The highest BCUT2D eigenvalue weighted by molar-refractivity contribution is 7.80. The second-order valence-corrected chi connectivity index (χ2v) is 5.39. The summed E-state index contributed by atoms with van der Waals surface area (Å²) in [5.74, 6) is -0.329. The zero-order valence-corrected chi connectivity index (χ0v) is 12.2. The molecule has 1 heterocycles. The number of halogens is 1. The molecule has 1 aromatic rings. The lowest BCUT2D eigenvalue weighted by atomic mass is 10.2. The molecule has 1 amide bonds. The van der Waals surface area contributed by atoms with Gasteiger partial charge in [-0.2, -0.15) is 0 Å². The van der Waals surface area contributed by atoms with Gasteiger partial charge in [0.05, 0.1) is 0 Å². The van der Waals surface area contributed by atoms with Crippen LogP contribution in [0.3, 0.4) is 0 Å². The molecular weight excluding hydrogens is 282 g/mol. The molecule has 4 nitrogen and oxygen atoms in total. The van der Waals surface area contributed by atoms with Gasteiger partial charge in [-0.15, -0.1) is 0 Å². The van der Waals surface area contributed by atoms with E-state index in [1.54, 1.807) is 0 Å². The second-order valence-electron chi connectivity index (χ2n) is 4.60. The number of carbonyl (C=O) groups excluding carboxylic acids is 1. The summed E-state index contributed by atoms with van der Waals surface area (Å²) < 4.78 is 0. The fourth-order valence-corrected chi connectivity index (χ4v) is 2.74. The molecule has 2 rings (SSSR count). The Bertz CT molecular complexity index is 521. The molecule has 6 heteroatoms. The maximum atomic E-state index is 11.4. The lowest BCUT2D eigenvalue weighted by Gasteiger charge is -2.26. The van der Waals surface area contributed by atoms with Crippen molar-refractivity contribution in [2.45, 2.75) is 25.8 Å². The predicted molar refractivity (Wildman–Crippen MR) is 81.3 cm³/mol. The number of nitrogens with one attached hydrogen (secondary N) is 1. The molecule has 1 saturated heterocycles. The summed E-state index contributed by atoms with van der Waals surface area (Å²) in [6.45, 7) is 2.67. The minimum absolute atomic E-state index is 0.306. The van der Waals surface area contributed by atoms with Crippen molar-refractivity contribution >= 4 is 40.5 Å². The Labute approximate surface area is 122 Å². The first kappa shape index (κ1) is 14.1. The van der Waals surface area contributed by atoms with Crippen LogP contribution in [0.4, 0.5) is 5.69 Å². The molecule has 102 valence electrons. The zero-order chi connectivity index (χ0) is 14.0. The smallest absolute Gasteiger partial charge is 0.240 e. The highest BCUT2D eigenvalue weighted by Gasteiger charge is 2.30. The maximum Gasteiger partial charge on any atom is 0.240 e. The first-order chi connectivity index (χ1) is 9.00. The number of anilines is 1. The van der Waals surface area contributed by atoms with E-state index in [-0.39, 0.29) is 11.9 Å². The van der Waals surface area contributed by atoms with Crippen LogP contribution in [0.5, 0.6) is 0 Å². The number of nitrogens with zero attached hydrogens (tertiary/aromatic N) is 1. The van der Waals surface area contributed by atoms with Crippen LogP contribution in [0.15, 0.2) is 18.2 Å². The van der Waals surface area contributed by atoms with Crippen LogP contribution >= 0.6 is 23.8 Å². The van der Waals surface area contributed by atoms with E-state index in [1.165, 1.54) is 0 Å². The van der Waals surface area contributed by atoms with Gasteiger partial charge in [0.2, 0.25) is 5.91 Å². The minimum Gasteiger partial charge on any atom is -0.368 e. The maximum absolute atomic E-state index is 11.4. The van der Waals surface area contributed by atoms with Gasteiger partial charge in [-0.1, -0.05) is 17.7 Å². The monoisotopic (exact) mass is 297 g/mol. The summed E-state index contributed by atoms with van der Waals surface area (Å²) in [4.78, 5) is 13.2. The molecule has 0 saturated carbocycles. The highest BCUT2D eigenvalue weighted by atomic mass is 35.5. The molecule has 1 fully saturated rings. The second kappa shape index (κ2) is 5.75. The summed E-state index contributed by atoms with van der Waals surface area (Å²) >= 11 is 11.4. The molecule has 3 N–H and O–H groups in total. The Morgan fingerprint density at radius 1 is 1.58 bits per heavy atom. The summed E-state index contributed by atoms with van der Waals surface area (Å²) in [5, 5.41) is 4.34. The first-order valence-corrected chi connectivity index (χ1v) is 6.91. The predicted octanol–water partition coefficient (Wildman–Crippen LogP) is 2.29. The third-order valence-electron chi connectivity index (χ3n) is 3.35. The normalized spacial score (nSPS) is 18.4. The number of hydrogen-bond donors (Lipinski definition) is 2. The van der Waals surface area contributed by atoms with Crippen molar-refractivity contribution in [1.82, 2.24) is 4.90 Å². The molecule has 1 aromatic carbocycles. The molecule has 1 aliphatic rings. The summed E-state index contributed by atoms with van der Waals surface area (Å²) in [6, 6.07) is 5.28. The Hall–Kier alpha value is -1.33. The zero-order valence-electron chi connectivity index (χ0n) is 10.6. The average molecular weight is 298 g/mol. The topological polar surface area (TPSA) is 58.4 Å². The Morgan fingerprint density at radius 3 is 3.00 bits per heavy atom. The van der Waals surface area contributed by atoms with Crippen LogP contribution in [0.1, 0.15) is 18.4 Å². The SMILES string of the molecule is Cc1c(Cl)cccc1NC(=S)N1CCC[C@@H]1C(N)=O. The van der Waals surface area contributed by atoms with Crippen molar-refractivity contribution in [3.63, 3.8) is 0 Å². The molecule has 1 aliphatic heterocycles. The van der Waals surface area contributed by atoms with E-state index < -0.39 is 0 Å². The van der Waals surface area contributed by atoms with E-state index in [0.717, 1.165) is 30.6 Å². The number of primary amides is 1. The van der Waals surface area contributed by atoms with E-state index in [2.05, 4.69) is 5.32 Å². The number of amides is 1. The van der Waals surface area contributed by atoms with Gasteiger partial charge in [-0.3, -0.25) is 4.79 Å². The molecule has 19 heavy (non-hydrogen) atoms. The van der Waals surface area contributed by atoms with Crippen molar-refractivity contribution in [3.8, 4) is 0 Å². The molecular formula is C13H16ClN3OS. The molecule has 0 aliphatic carbocycles. The van der Waals surface area contributed by atoms with Gasteiger partial charge in [0.15, 0.2) is 5.11 Å². The van der Waals surface area contributed by atoms with Gasteiger partial charge in [-0.25, -0.2) is 0 Å². The van der Waals surface area contributed by atoms with Gasteiger partial charge < -0.3 is 16.0 Å². The lowest BCUT2D eigenvalue weighted by Crippen LogP contribution is -2.45. The van der Waals surface area contributed by atoms with Gasteiger partial charge in [-0.05, 0) is 49.7 Å². The number of nitrogens with two attached hydrogens (primary N) is 1. The van der Waals surface area contributed by atoms with Crippen molar-refractivity contribution in [3.05, 3.63) is 28.8 Å². The van der Waals surface area contributed by atoms with Crippen molar-refractivity contribution in [2.75, 3.05) is 11.9 Å². The molecule has 0 bridgehead atoms. The van der Waals surface area contributed by atoms with Crippen LogP contribution in [0.2, 0.25) is 5.02 Å². The fraction of sp³-hybridized carbons (Fsp3) is 0.385. The van der Waals surface area contributed by atoms with Gasteiger partial charge in [0.25, 0.3) is 0 Å². The molecule has 0 spiro atoms. The highest BCUT2D eigenvalue weighted by Crippen LogP contribution is 2.24. The number of likely N-dealkylation sites (tertiary alicyclic amines) is 1. The van der Waals surface area contributed by atoms with Crippen LogP contribution in [-0.2, 0) is 4.79 Å². The van der Waals surface area contributed by atoms with E-state index >= 15 is 0 Å². The van der Waals surface area contributed by atoms with Gasteiger partial charge in [0, 0.05) is 17.3 Å². The third-order valence-corrected chi connectivity index (χ3v) is 4.10. The summed E-state index contributed by atoms with van der Waals surface area (Å²) in [6.07, 6.45) is 1.68. The molecule has 0 radical (unpaired) electrons. The number of benzene rings is 1. The Morgan fingerprint density at radius 2 is 2.32 bits per heavy atom. The van der Waals surface area contributed by atoms with Crippen LogP contribution in [0.25, 0.3) is 0 Å². The van der Waals surface area contributed by atoms with E-state index in [0.29, 0.717) is 10.1 Å². The van der Waals surface area contributed by atoms with E-state index in [4.69, 9.17) is 29.6 Å². The summed E-state index contributed by atoms with van der Waals surface area (Å²) in [5.41, 5.74) is 7.17. The largest absolute Gasteiger partial charge is 0.368 e. The average Bonchev–Trinajstić information content (AvgIpc) is 2.84. The standard InChI is InChI=1S/C13H16ClN3OS/c1-8-9(14)4-2-5-10(8)16-13(19)17-7-3-6-11(17)12(15)18/h2,4-5,11H,3,6-7H2,1H3,(H2,15,18)(H,16,19)/t11-/m1/s1. The Balaban J connectivity index is 2.13. The van der Waals surface area contributed by atoms with Crippen LogP contribution < -0.4 is 11.1 Å². The molecule has 0 unspecified atom stereocenters. The quantitative estimate of drug-likeness (QED) is 0.823. The fourth-order valence-electron chi connectivity index (χ4n) is 2.24.